The third-order valence-electron chi connectivity index (χ3n) is 4.15. The third kappa shape index (κ3) is 3.73. The van der Waals surface area contributed by atoms with E-state index in [2.05, 4.69) is 37.9 Å². The quantitative estimate of drug-likeness (QED) is 0.785. The molecule has 4 heteroatoms. The van der Waals surface area contributed by atoms with Crippen molar-refractivity contribution in [3.63, 3.8) is 0 Å². The van der Waals surface area contributed by atoms with Crippen molar-refractivity contribution in [1.82, 2.24) is 10.3 Å². The topological polar surface area (TPSA) is 28.2 Å². The van der Waals surface area contributed by atoms with E-state index in [1.165, 1.54) is 35.1 Å². The van der Waals surface area contributed by atoms with Crippen LogP contribution in [0.15, 0.2) is 0 Å². The Labute approximate surface area is 127 Å². The van der Waals surface area contributed by atoms with Crippen LogP contribution >= 0.6 is 11.3 Å². The van der Waals surface area contributed by atoms with E-state index in [0.29, 0.717) is 12.0 Å². The van der Waals surface area contributed by atoms with Gasteiger partial charge in [-0.1, -0.05) is 13.8 Å². The predicted molar refractivity (Wildman–Crippen MR) is 88.8 cm³/mol. The molecule has 0 bridgehead atoms. The van der Waals surface area contributed by atoms with Gasteiger partial charge in [-0.2, -0.15) is 0 Å². The molecule has 1 aliphatic rings. The van der Waals surface area contributed by atoms with Crippen LogP contribution < -0.4 is 10.2 Å². The smallest absolute Gasteiger partial charge is 0.186 e. The summed E-state index contributed by atoms with van der Waals surface area (Å²) >= 11 is 1.89. The summed E-state index contributed by atoms with van der Waals surface area (Å²) in [6, 6.07) is 0.536. The lowest BCUT2D eigenvalue weighted by Gasteiger charge is -2.26. The van der Waals surface area contributed by atoms with Crippen LogP contribution in [-0.2, 0) is 6.54 Å². The van der Waals surface area contributed by atoms with E-state index in [0.717, 1.165) is 18.9 Å². The minimum absolute atomic E-state index is 0.536. The van der Waals surface area contributed by atoms with Gasteiger partial charge in [0.15, 0.2) is 5.13 Å². The molecule has 1 heterocycles. The molecule has 20 heavy (non-hydrogen) atoms. The Morgan fingerprint density at radius 1 is 1.35 bits per heavy atom. The number of anilines is 1. The van der Waals surface area contributed by atoms with Crippen LogP contribution in [0.5, 0.6) is 0 Å². The van der Waals surface area contributed by atoms with E-state index in [-0.39, 0.29) is 0 Å². The molecule has 0 radical (unpaired) electrons. The molecule has 0 amide bonds. The molecule has 0 saturated heterocycles. The second-order valence-corrected chi connectivity index (χ2v) is 7.40. The van der Waals surface area contributed by atoms with Gasteiger partial charge in [0.1, 0.15) is 0 Å². The maximum absolute atomic E-state index is 5.01. The van der Waals surface area contributed by atoms with Crippen molar-refractivity contribution < 1.29 is 0 Å². The Morgan fingerprint density at radius 3 is 2.55 bits per heavy atom. The molecule has 1 aliphatic carbocycles. The summed E-state index contributed by atoms with van der Waals surface area (Å²) in [4.78, 5) is 8.93. The normalized spacial score (nSPS) is 16.7. The first-order valence-electron chi connectivity index (χ1n) is 7.97. The summed E-state index contributed by atoms with van der Waals surface area (Å²) in [5, 5.41) is 4.52. The Hall–Kier alpha value is -0.610. The summed E-state index contributed by atoms with van der Waals surface area (Å²) in [6.07, 6.45) is 3.95. The van der Waals surface area contributed by atoms with Gasteiger partial charge in [0.25, 0.3) is 0 Å². The lowest BCUT2D eigenvalue weighted by Crippen LogP contribution is -2.32. The van der Waals surface area contributed by atoms with Crippen LogP contribution in [0.2, 0.25) is 0 Å². The molecule has 1 unspecified atom stereocenters. The van der Waals surface area contributed by atoms with Gasteiger partial charge in [-0.3, -0.25) is 0 Å². The summed E-state index contributed by atoms with van der Waals surface area (Å²) in [7, 11) is 2.02. The summed E-state index contributed by atoms with van der Waals surface area (Å²) < 4.78 is 0. The van der Waals surface area contributed by atoms with Crippen LogP contribution in [0, 0.1) is 5.92 Å². The van der Waals surface area contributed by atoms with Crippen molar-refractivity contribution in [2.75, 3.05) is 18.5 Å². The van der Waals surface area contributed by atoms with Gasteiger partial charge in [0.05, 0.1) is 5.69 Å². The molecular formula is C16H29N3S. The monoisotopic (exact) mass is 295 g/mol. The highest BCUT2D eigenvalue weighted by Gasteiger charge is 2.28. The summed E-state index contributed by atoms with van der Waals surface area (Å²) in [5.74, 6) is 1.46. The minimum atomic E-state index is 0.536. The van der Waals surface area contributed by atoms with Crippen molar-refractivity contribution in [3.8, 4) is 0 Å². The predicted octanol–water partition coefficient (Wildman–Crippen LogP) is 4.00. The maximum atomic E-state index is 5.01. The van der Waals surface area contributed by atoms with Crippen LogP contribution in [0.1, 0.15) is 63.4 Å². The molecular weight excluding hydrogens is 266 g/mol. The highest BCUT2D eigenvalue weighted by molar-refractivity contribution is 7.15. The average Bonchev–Trinajstić information content (AvgIpc) is 3.15. The molecule has 1 saturated carbocycles. The first-order chi connectivity index (χ1) is 9.56. The number of thiazole rings is 1. The first-order valence-corrected chi connectivity index (χ1v) is 8.79. The number of nitrogens with zero attached hydrogens (tertiary/aromatic N) is 2. The molecule has 0 aromatic carbocycles. The van der Waals surface area contributed by atoms with E-state index in [1.807, 2.05) is 18.4 Å². The zero-order chi connectivity index (χ0) is 14.7. The molecule has 0 spiro atoms. The van der Waals surface area contributed by atoms with Crippen molar-refractivity contribution in [1.29, 1.82) is 0 Å². The van der Waals surface area contributed by atoms with Crippen molar-refractivity contribution in [2.45, 2.75) is 65.5 Å². The van der Waals surface area contributed by atoms with Gasteiger partial charge in [0, 0.05) is 24.0 Å². The zero-order valence-electron chi connectivity index (χ0n) is 13.6. The lowest BCUT2D eigenvalue weighted by atomic mass is 10.0. The summed E-state index contributed by atoms with van der Waals surface area (Å²) in [6.45, 7) is 11.2. The van der Waals surface area contributed by atoms with E-state index in [4.69, 9.17) is 4.98 Å². The van der Waals surface area contributed by atoms with Gasteiger partial charge >= 0.3 is 0 Å². The largest absolute Gasteiger partial charge is 0.345 e. The van der Waals surface area contributed by atoms with Crippen LogP contribution in [-0.4, -0.2) is 24.6 Å². The SMILES string of the molecule is CCC(C)c1nc(N(CC2CC2)C(C)C)sc1CNC. The highest BCUT2D eigenvalue weighted by atomic mass is 32.1. The molecule has 1 N–H and O–H groups in total. The fourth-order valence-electron chi connectivity index (χ4n) is 2.43. The van der Waals surface area contributed by atoms with E-state index >= 15 is 0 Å². The van der Waals surface area contributed by atoms with Crippen LogP contribution in [0.4, 0.5) is 5.13 Å². The number of hydrogen-bond acceptors (Lipinski definition) is 4. The van der Waals surface area contributed by atoms with Crippen molar-refractivity contribution in [2.24, 2.45) is 5.92 Å². The van der Waals surface area contributed by atoms with E-state index in [1.54, 1.807) is 0 Å². The molecule has 1 atom stereocenters. The van der Waals surface area contributed by atoms with Crippen molar-refractivity contribution >= 4 is 16.5 Å². The first kappa shape index (κ1) is 15.8. The summed E-state index contributed by atoms with van der Waals surface area (Å²) in [5.41, 5.74) is 1.31. The fourth-order valence-corrected chi connectivity index (χ4v) is 3.76. The molecule has 114 valence electrons. The molecule has 1 fully saturated rings. The Kier molecular flexibility index (Phi) is 5.44. The highest BCUT2D eigenvalue weighted by Crippen LogP contribution is 2.36. The third-order valence-corrected chi connectivity index (χ3v) is 5.26. The molecule has 3 nitrogen and oxygen atoms in total. The van der Waals surface area contributed by atoms with Gasteiger partial charge in [-0.25, -0.2) is 4.98 Å². The maximum Gasteiger partial charge on any atom is 0.186 e. The van der Waals surface area contributed by atoms with Crippen molar-refractivity contribution in [3.05, 3.63) is 10.6 Å². The van der Waals surface area contributed by atoms with Crippen LogP contribution in [0.25, 0.3) is 0 Å². The molecule has 1 aromatic heterocycles. The van der Waals surface area contributed by atoms with E-state index < -0.39 is 0 Å². The van der Waals surface area contributed by atoms with E-state index in [9.17, 15) is 0 Å². The Bertz CT molecular complexity index is 423. The Morgan fingerprint density at radius 2 is 2.05 bits per heavy atom. The fraction of sp³-hybridized carbons (Fsp3) is 0.812. The molecule has 2 rings (SSSR count). The van der Waals surface area contributed by atoms with Gasteiger partial charge < -0.3 is 10.2 Å². The molecule has 0 aliphatic heterocycles. The standard InChI is InChI=1S/C16H29N3S/c1-6-12(4)15-14(9-17-5)20-16(18-15)19(11(2)3)10-13-7-8-13/h11-13,17H,6-10H2,1-5H3. The van der Waals surface area contributed by atoms with Crippen LogP contribution in [0.3, 0.4) is 0 Å². The van der Waals surface area contributed by atoms with Gasteiger partial charge in [-0.15, -0.1) is 11.3 Å². The number of hydrogen-bond donors (Lipinski definition) is 1. The lowest BCUT2D eigenvalue weighted by molar-refractivity contribution is 0.637. The number of rotatable bonds is 8. The molecule has 1 aromatic rings. The number of nitrogens with one attached hydrogen (secondary N) is 1. The van der Waals surface area contributed by atoms with Gasteiger partial charge in [0.2, 0.25) is 0 Å². The second-order valence-electron chi connectivity index (χ2n) is 6.33. The average molecular weight is 295 g/mol. The minimum Gasteiger partial charge on any atom is -0.345 e. The Balaban J connectivity index is 2.24. The number of aromatic nitrogens is 1. The van der Waals surface area contributed by atoms with Gasteiger partial charge in [-0.05, 0) is 52.0 Å². The zero-order valence-corrected chi connectivity index (χ0v) is 14.4. The second kappa shape index (κ2) is 6.90.